The number of anilines is 1. The van der Waals surface area contributed by atoms with Crippen molar-refractivity contribution in [1.29, 1.82) is 0 Å². The minimum absolute atomic E-state index is 0.0717. The maximum absolute atomic E-state index is 12.0. The van der Waals surface area contributed by atoms with Crippen LogP contribution in [-0.4, -0.2) is 5.78 Å². The molecule has 2 nitrogen and oxygen atoms in total. The molecule has 74 valence electrons. The molecule has 0 saturated carbocycles. The van der Waals surface area contributed by atoms with Crippen molar-refractivity contribution in [2.24, 2.45) is 0 Å². The summed E-state index contributed by atoms with van der Waals surface area (Å²) in [6.45, 7) is 2.01. The van der Waals surface area contributed by atoms with Gasteiger partial charge in [-0.1, -0.05) is 24.3 Å². The molecule has 1 heterocycles. The molecule has 1 aromatic heterocycles. The number of hydrogen-bond donors (Lipinski definition) is 1. The lowest BCUT2D eigenvalue weighted by molar-refractivity contribution is 0.104. The van der Waals surface area contributed by atoms with Gasteiger partial charge >= 0.3 is 0 Å². The normalized spacial score (nSPS) is 12.7. The Morgan fingerprint density at radius 2 is 1.80 bits per heavy atom. The number of nitrogen functional groups attached to an aromatic ring is 1. The van der Waals surface area contributed by atoms with Gasteiger partial charge < -0.3 is 5.73 Å². The lowest BCUT2D eigenvalue weighted by atomic mass is 10.1. The maximum Gasteiger partial charge on any atom is 0.197 e. The minimum atomic E-state index is 0.0717. The van der Waals surface area contributed by atoms with Crippen LogP contribution in [0.1, 0.15) is 20.8 Å². The average molecular weight is 215 g/mol. The predicted molar refractivity (Wildman–Crippen MR) is 62.3 cm³/mol. The van der Waals surface area contributed by atoms with Gasteiger partial charge in [0.25, 0.3) is 0 Å². The summed E-state index contributed by atoms with van der Waals surface area (Å²) in [6, 6.07) is 7.69. The van der Waals surface area contributed by atoms with E-state index in [9.17, 15) is 4.79 Å². The van der Waals surface area contributed by atoms with Crippen LogP contribution in [0, 0.1) is 6.92 Å². The van der Waals surface area contributed by atoms with E-state index in [2.05, 4.69) is 0 Å². The molecular formula is C12H9NOS. The topological polar surface area (TPSA) is 43.1 Å². The number of fused-ring (bicyclic) bond motifs is 3. The molecule has 0 radical (unpaired) electrons. The van der Waals surface area contributed by atoms with Crippen molar-refractivity contribution in [2.75, 3.05) is 5.73 Å². The molecule has 3 heteroatoms. The van der Waals surface area contributed by atoms with Crippen molar-refractivity contribution in [3.8, 4) is 11.1 Å². The van der Waals surface area contributed by atoms with Crippen LogP contribution in [0.5, 0.6) is 0 Å². The number of nitrogens with two attached hydrogens (primary N) is 1. The second-order valence-electron chi connectivity index (χ2n) is 3.65. The van der Waals surface area contributed by atoms with Crippen LogP contribution in [0.2, 0.25) is 0 Å². The first-order chi connectivity index (χ1) is 7.20. The van der Waals surface area contributed by atoms with Crippen molar-refractivity contribution in [3.05, 3.63) is 40.3 Å². The summed E-state index contributed by atoms with van der Waals surface area (Å²) in [6.07, 6.45) is 0. The van der Waals surface area contributed by atoms with Crippen LogP contribution >= 0.6 is 11.3 Å². The van der Waals surface area contributed by atoms with Crippen LogP contribution in [0.3, 0.4) is 0 Å². The molecule has 3 rings (SSSR count). The molecule has 0 atom stereocenters. The van der Waals surface area contributed by atoms with E-state index < -0.39 is 0 Å². The zero-order valence-electron chi connectivity index (χ0n) is 8.20. The van der Waals surface area contributed by atoms with Gasteiger partial charge in [-0.3, -0.25) is 4.79 Å². The Hall–Kier alpha value is -1.61. The number of benzene rings is 1. The number of ketones is 1. The fourth-order valence-electron chi connectivity index (χ4n) is 2.15. The van der Waals surface area contributed by atoms with Gasteiger partial charge in [0.05, 0.1) is 10.6 Å². The zero-order chi connectivity index (χ0) is 10.6. The summed E-state index contributed by atoms with van der Waals surface area (Å²) in [7, 11) is 0. The standard InChI is InChI=1S/C12H9NOS/c1-6-9-7-4-2-3-5-8(7)11(14)10(9)12(13)15-6/h2-5H,13H2,1H3. The van der Waals surface area contributed by atoms with Gasteiger partial charge in [0.1, 0.15) is 0 Å². The SMILES string of the molecule is Cc1sc(N)c2c1-c1ccccc1C2=O. The Morgan fingerprint density at radius 1 is 1.13 bits per heavy atom. The highest BCUT2D eigenvalue weighted by Crippen LogP contribution is 2.45. The van der Waals surface area contributed by atoms with Gasteiger partial charge in [-0.15, -0.1) is 11.3 Å². The van der Waals surface area contributed by atoms with Gasteiger partial charge in [0, 0.05) is 16.0 Å². The molecule has 1 aliphatic carbocycles. The first-order valence-electron chi connectivity index (χ1n) is 4.73. The van der Waals surface area contributed by atoms with Crippen molar-refractivity contribution in [1.82, 2.24) is 0 Å². The molecule has 0 amide bonds. The second-order valence-corrected chi connectivity index (χ2v) is 4.90. The summed E-state index contributed by atoms with van der Waals surface area (Å²) >= 11 is 1.50. The number of rotatable bonds is 0. The third kappa shape index (κ3) is 0.957. The monoisotopic (exact) mass is 215 g/mol. The van der Waals surface area contributed by atoms with E-state index in [1.165, 1.54) is 11.3 Å². The molecule has 2 N–H and O–H groups in total. The second kappa shape index (κ2) is 2.70. The summed E-state index contributed by atoms with van der Waals surface area (Å²) in [5.74, 6) is 0.0717. The number of hydrogen-bond acceptors (Lipinski definition) is 3. The van der Waals surface area contributed by atoms with E-state index in [1.807, 2.05) is 31.2 Å². The summed E-state index contributed by atoms with van der Waals surface area (Å²) in [5.41, 5.74) is 9.42. The average Bonchev–Trinajstić information content (AvgIpc) is 2.68. The Balaban J connectivity index is 2.45. The van der Waals surface area contributed by atoms with Gasteiger partial charge in [-0.2, -0.15) is 0 Å². The summed E-state index contributed by atoms with van der Waals surface area (Å²) in [5, 5.41) is 0.642. The fraction of sp³-hybridized carbons (Fsp3) is 0.0833. The highest BCUT2D eigenvalue weighted by Gasteiger charge is 2.31. The van der Waals surface area contributed by atoms with Crippen LogP contribution < -0.4 is 5.73 Å². The molecule has 1 aromatic carbocycles. The fourth-order valence-corrected chi connectivity index (χ4v) is 3.09. The Bertz CT molecular complexity index is 583. The van der Waals surface area contributed by atoms with E-state index in [-0.39, 0.29) is 5.78 Å². The van der Waals surface area contributed by atoms with Crippen LogP contribution in [0.25, 0.3) is 11.1 Å². The molecule has 0 unspecified atom stereocenters. The Labute approximate surface area is 91.4 Å². The van der Waals surface area contributed by atoms with Crippen molar-refractivity contribution >= 4 is 22.1 Å². The smallest absolute Gasteiger partial charge is 0.197 e. The molecule has 0 saturated heterocycles. The Morgan fingerprint density at radius 3 is 2.53 bits per heavy atom. The third-order valence-electron chi connectivity index (χ3n) is 2.78. The minimum Gasteiger partial charge on any atom is -0.390 e. The highest BCUT2D eigenvalue weighted by atomic mass is 32.1. The first kappa shape index (κ1) is 8.68. The lowest BCUT2D eigenvalue weighted by Crippen LogP contribution is -1.97. The summed E-state index contributed by atoms with van der Waals surface area (Å²) in [4.78, 5) is 13.2. The molecular weight excluding hydrogens is 206 g/mol. The van der Waals surface area contributed by atoms with Crippen LogP contribution in [-0.2, 0) is 0 Å². The Kier molecular flexibility index (Phi) is 1.56. The number of carbonyl (C=O) groups excluding carboxylic acids is 1. The predicted octanol–water partition coefficient (Wildman–Crippen LogP) is 2.85. The summed E-state index contributed by atoms with van der Waals surface area (Å²) < 4.78 is 0. The van der Waals surface area contributed by atoms with Crippen molar-refractivity contribution < 1.29 is 4.79 Å². The largest absolute Gasteiger partial charge is 0.390 e. The van der Waals surface area contributed by atoms with E-state index in [1.54, 1.807) is 0 Å². The van der Waals surface area contributed by atoms with Gasteiger partial charge in [0.2, 0.25) is 0 Å². The van der Waals surface area contributed by atoms with E-state index in [0.29, 0.717) is 10.6 Å². The highest BCUT2D eigenvalue weighted by molar-refractivity contribution is 7.17. The lowest BCUT2D eigenvalue weighted by Gasteiger charge is -1.97. The van der Waals surface area contributed by atoms with E-state index >= 15 is 0 Å². The van der Waals surface area contributed by atoms with Gasteiger partial charge in [-0.05, 0) is 12.5 Å². The van der Waals surface area contributed by atoms with E-state index in [4.69, 9.17) is 5.73 Å². The first-order valence-corrected chi connectivity index (χ1v) is 5.54. The van der Waals surface area contributed by atoms with Crippen molar-refractivity contribution in [2.45, 2.75) is 6.92 Å². The number of aryl methyl sites for hydroxylation is 1. The molecule has 0 fully saturated rings. The molecule has 0 aliphatic heterocycles. The third-order valence-corrected chi connectivity index (χ3v) is 3.71. The zero-order valence-corrected chi connectivity index (χ0v) is 9.02. The maximum atomic E-state index is 12.0. The molecule has 15 heavy (non-hydrogen) atoms. The molecule has 0 bridgehead atoms. The van der Waals surface area contributed by atoms with E-state index in [0.717, 1.165) is 21.6 Å². The quantitative estimate of drug-likeness (QED) is 0.626. The van der Waals surface area contributed by atoms with Crippen LogP contribution in [0.15, 0.2) is 24.3 Å². The van der Waals surface area contributed by atoms with Gasteiger partial charge in [-0.25, -0.2) is 0 Å². The number of carbonyl (C=O) groups is 1. The van der Waals surface area contributed by atoms with Gasteiger partial charge in [0.15, 0.2) is 5.78 Å². The molecule has 1 aliphatic rings. The number of thiophene rings is 1. The molecule has 2 aromatic rings. The van der Waals surface area contributed by atoms with Crippen molar-refractivity contribution in [3.63, 3.8) is 0 Å². The molecule has 0 spiro atoms. The van der Waals surface area contributed by atoms with Crippen LogP contribution in [0.4, 0.5) is 5.00 Å².